The molecule has 1 heterocycles. The highest BCUT2D eigenvalue weighted by Crippen LogP contribution is 2.28. The Labute approximate surface area is 112 Å². The van der Waals surface area contributed by atoms with Gasteiger partial charge in [-0.25, -0.2) is 8.57 Å². The maximum atomic E-state index is 12.4. The molecule has 1 saturated carbocycles. The van der Waals surface area contributed by atoms with E-state index in [4.69, 9.17) is 0 Å². The molecule has 1 aliphatic heterocycles. The van der Waals surface area contributed by atoms with Gasteiger partial charge in [-0.3, -0.25) is 0 Å². The molecule has 0 spiro atoms. The van der Waals surface area contributed by atoms with E-state index in [0.29, 0.717) is 6.04 Å². The number of halogens is 1. The van der Waals surface area contributed by atoms with Gasteiger partial charge in [0.25, 0.3) is 0 Å². The van der Waals surface area contributed by atoms with Gasteiger partial charge in [0.15, 0.2) is 0 Å². The summed E-state index contributed by atoms with van der Waals surface area (Å²) in [5.74, 6) is 2.41. The SMILES string of the molecule is O=S1(=NC2CCC(CI)CC2)CCNCC1. The fraction of sp³-hybridized carbons (Fsp3) is 1.00. The second kappa shape index (κ2) is 6.00. The standard InChI is InChI=1S/C11H21IN2OS/c12-9-10-1-3-11(4-2-10)14-16(15)7-5-13-6-8-16/h10-11,13H,1-9H2. The van der Waals surface area contributed by atoms with Gasteiger partial charge in [0, 0.05) is 38.8 Å². The number of nitrogens with zero attached hydrogens (tertiary/aromatic N) is 1. The summed E-state index contributed by atoms with van der Waals surface area (Å²) >= 11 is 2.48. The van der Waals surface area contributed by atoms with Crippen LogP contribution in [0.4, 0.5) is 0 Å². The molecule has 0 atom stereocenters. The Bertz CT molecular complexity index is 319. The first-order valence-corrected chi connectivity index (χ1v) is 9.58. The summed E-state index contributed by atoms with van der Waals surface area (Å²) in [6.07, 6.45) is 4.89. The van der Waals surface area contributed by atoms with Crippen LogP contribution in [0, 0.1) is 5.92 Å². The minimum absolute atomic E-state index is 0.393. The van der Waals surface area contributed by atoms with Crippen molar-refractivity contribution in [3.63, 3.8) is 0 Å². The Balaban J connectivity index is 1.94. The van der Waals surface area contributed by atoms with Crippen LogP contribution in [0.25, 0.3) is 0 Å². The lowest BCUT2D eigenvalue weighted by atomic mass is 9.88. The molecule has 0 aromatic rings. The van der Waals surface area contributed by atoms with Gasteiger partial charge >= 0.3 is 0 Å². The van der Waals surface area contributed by atoms with E-state index in [1.165, 1.54) is 17.3 Å². The average molecular weight is 356 g/mol. The predicted octanol–water partition coefficient (Wildman–Crippen LogP) is 2.05. The maximum absolute atomic E-state index is 12.4. The van der Waals surface area contributed by atoms with Gasteiger partial charge in [0.05, 0.1) is 6.04 Å². The summed E-state index contributed by atoms with van der Waals surface area (Å²) in [5.41, 5.74) is 0. The highest BCUT2D eigenvalue weighted by molar-refractivity contribution is 14.1. The fourth-order valence-corrected chi connectivity index (χ4v) is 5.45. The number of hydrogen-bond donors (Lipinski definition) is 1. The number of alkyl halides is 1. The van der Waals surface area contributed by atoms with Crippen molar-refractivity contribution in [3.8, 4) is 0 Å². The molecule has 0 aromatic carbocycles. The fourth-order valence-electron chi connectivity index (χ4n) is 2.47. The first-order valence-electron chi connectivity index (χ1n) is 6.20. The quantitative estimate of drug-likeness (QED) is 0.608. The van der Waals surface area contributed by atoms with Gasteiger partial charge in [-0.2, -0.15) is 0 Å². The molecule has 0 aromatic heterocycles. The van der Waals surface area contributed by atoms with Crippen molar-refractivity contribution in [2.45, 2.75) is 31.7 Å². The maximum Gasteiger partial charge on any atom is 0.0594 e. The topological polar surface area (TPSA) is 41.5 Å². The average Bonchev–Trinajstić information content (AvgIpc) is 2.30. The predicted molar refractivity (Wildman–Crippen MR) is 77.8 cm³/mol. The van der Waals surface area contributed by atoms with Crippen molar-refractivity contribution in [2.75, 3.05) is 29.0 Å². The van der Waals surface area contributed by atoms with Crippen molar-refractivity contribution in [2.24, 2.45) is 10.3 Å². The number of nitrogens with one attached hydrogen (secondary N) is 1. The summed E-state index contributed by atoms with van der Waals surface area (Å²) in [6, 6.07) is 0.393. The van der Waals surface area contributed by atoms with Crippen LogP contribution in [-0.4, -0.2) is 39.3 Å². The van der Waals surface area contributed by atoms with Crippen LogP contribution in [-0.2, 0) is 9.73 Å². The van der Waals surface area contributed by atoms with Crippen molar-refractivity contribution in [1.82, 2.24) is 5.32 Å². The molecule has 3 nitrogen and oxygen atoms in total. The zero-order chi connectivity index (χ0) is 11.4. The van der Waals surface area contributed by atoms with Crippen LogP contribution in [0.5, 0.6) is 0 Å². The Morgan fingerprint density at radius 2 is 1.81 bits per heavy atom. The Hall–Kier alpha value is 0.640. The van der Waals surface area contributed by atoms with Crippen molar-refractivity contribution < 1.29 is 4.21 Å². The third kappa shape index (κ3) is 3.57. The molecule has 94 valence electrons. The van der Waals surface area contributed by atoms with E-state index < -0.39 is 9.73 Å². The molecular weight excluding hydrogens is 335 g/mol. The first-order chi connectivity index (χ1) is 7.72. The molecule has 0 unspecified atom stereocenters. The Kier molecular flexibility index (Phi) is 4.90. The van der Waals surface area contributed by atoms with E-state index in [-0.39, 0.29) is 0 Å². The monoisotopic (exact) mass is 356 g/mol. The molecule has 16 heavy (non-hydrogen) atoms. The summed E-state index contributed by atoms with van der Waals surface area (Å²) in [6.45, 7) is 1.76. The van der Waals surface area contributed by atoms with Gasteiger partial charge in [0.1, 0.15) is 0 Å². The van der Waals surface area contributed by atoms with Crippen LogP contribution in [0.3, 0.4) is 0 Å². The van der Waals surface area contributed by atoms with Crippen LogP contribution >= 0.6 is 22.6 Å². The van der Waals surface area contributed by atoms with Gasteiger partial charge in [-0.05, 0) is 31.6 Å². The highest BCUT2D eigenvalue weighted by atomic mass is 127. The van der Waals surface area contributed by atoms with E-state index in [0.717, 1.165) is 43.4 Å². The lowest BCUT2D eigenvalue weighted by Crippen LogP contribution is -2.36. The van der Waals surface area contributed by atoms with E-state index in [9.17, 15) is 4.21 Å². The van der Waals surface area contributed by atoms with Crippen molar-refractivity contribution in [1.29, 1.82) is 0 Å². The minimum Gasteiger partial charge on any atom is -0.315 e. The lowest BCUT2D eigenvalue weighted by molar-refractivity contribution is 0.358. The van der Waals surface area contributed by atoms with Crippen molar-refractivity contribution >= 4 is 32.3 Å². The van der Waals surface area contributed by atoms with E-state index in [2.05, 4.69) is 32.3 Å². The van der Waals surface area contributed by atoms with Crippen LogP contribution in [0.1, 0.15) is 25.7 Å². The van der Waals surface area contributed by atoms with Gasteiger partial charge in [-0.15, -0.1) is 0 Å². The largest absolute Gasteiger partial charge is 0.315 e. The minimum atomic E-state index is -1.85. The third-order valence-corrected chi connectivity index (χ3v) is 7.18. The van der Waals surface area contributed by atoms with Gasteiger partial charge < -0.3 is 5.32 Å². The van der Waals surface area contributed by atoms with Crippen LogP contribution in [0.15, 0.2) is 4.36 Å². The molecule has 0 amide bonds. The molecule has 1 aliphatic carbocycles. The Morgan fingerprint density at radius 3 is 2.38 bits per heavy atom. The molecule has 2 fully saturated rings. The van der Waals surface area contributed by atoms with E-state index in [1.54, 1.807) is 0 Å². The zero-order valence-electron chi connectivity index (χ0n) is 9.66. The highest BCUT2D eigenvalue weighted by Gasteiger charge is 2.22. The first kappa shape index (κ1) is 13.1. The van der Waals surface area contributed by atoms with Crippen LogP contribution < -0.4 is 5.32 Å². The summed E-state index contributed by atoms with van der Waals surface area (Å²) in [4.78, 5) is 0. The normalized spacial score (nSPS) is 34.6. The number of hydrogen-bond acceptors (Lipinski definition) is 3. The molecule has 2 rings (SSSR count). The lowest BCUT2D eigenvalue weighted by Gasteiger charge is -2.26. The second-order valence-electron chi connectivity index (χ2n) is 4.87. The molecule has 0 radical (unpaired) electrons. The summed E-state index contributed by atoms with van der Waals surface area (Å²) in [5, 5.41) is 3.25. The Morgan fingerprint density at radius 1 is 1.19 bits per heavy atom. The second-order valence-corrected chi connectivity index (χ2v) is 8.32. The van der Waals surface area contributed by atoms with E-state index in [1.807, 2.05) is 0 Å². The van der Waals surface area contributed by atoms with Crippen molar-refractivity contribution in [3.05, 3.63) is 0 Å². The summed E-state index contributed by atoms with van der Waals surface area (Å²) in [7, 11) is -1.85. The van der Waals surface area contributed by atoms with Gasteiger partial charge in [0.2, 0.25) is 0 Å². The third-order valence-electron chi connectivity index (χ3n) is 3.57. The number of rotatable bonds is 2. The molecule has 1 saturated heterocycles. The molecule has 2 aliphatic rings. The van der Waals surface area contributed by atoms with E-state index >= 15 is 0 Å². The molecular formula is C11H21IN2OS. The molecule has 0 bridgehead atoms. The molecule has 5 heteroatoms. The van der Waals surface area contributed by atoms with Crippen LogP contribution in [0.2, 0.25) is 0 Å². The van der Waals surface area contributed by atoms with Gasteiger partial charge in [-0.1, -0.05) is 22.6 Å². The summed E-state index contributed by atoms with van der Waals surface area (Å²) < 4.78 is 18.4. The zero-order valence-corrected chi connectivity index (χ0v) is 12.6. The smallest absolute Gasteiger partial charge is 0.0594 e. The molecule has 1 N–H and O–H groups in total.